The number of pyridine rings is 2. The highest BCUT2D eigenvalue weighted by atomic mass is 16.6. The van der Waals surface area contributed by atoms with E-state index in [1.165, 1.54) is 29.8 Å². The highest BCUT2D eigenvalue weighted by Crippen LogP contribution is 2.30. The quantitative estimate of drug-likeness (QED) is 0.290. The molecular formula is C25H21N3O4. The van der Waals surface area contributed by atoms with E-state index < -0.39 is 10.9 Å². The van der Waals surface area contributed by atoms with Crippen LogP contribution in [-0.4, -0.2) is 26.0 Å². The van der Waals surface area contributed by atoms with Crippen molar-refractivity contribution in [2.75, 3.05) is 0 Å². The van der Waals surface area contributed by atoms with Gasteiger partial charge in [0.05, 0.1) is 21.7 Å². The van der Waals surface area contributed by atoms with Gasteiger partial charge in [0, 0.05) is 41.0 Å². The molecule has 0 amide bonds. The Bertz CT molecular complexity index is 1320. The summed E-state index contributed by atoms with van der Waals surface area (Å²) >= 11 is 0. The van der Waals surface area contributed by atoms with Crippen molar-refractivity contribution in [2.45, 2.75) is 26.2 Å². The number of rotatable bonds is 7. The minimum atomic E-state index is -1.18. The Hall–Kier alpha value is -4.13. The lowest BCUT2D eigenvalue weighted by atomic mass is 10.00. The highest BCUT2D eigenvalue weighted by Gasteiger charge is 2.17. The van der Waals surface area contributed by atoms with Crippen molar-refractivity contribution >= 4 is 22.6 Å². The standard InChI is InChI=1S/C25H21N3O4/c1-2-3-4-16-5-7-17(8-6-16)18-11-19(15-26-14-18)24-13-22(25(29)30)21-12-20(28(31)32)9-10-23(21)27-24/h5-15H,2-4H2,1H3,(H,29,30). The molecule has 0 saturated heterocycles. The van der Waals surface area contributed by atoms with Crippen molar-refractivity contribution in [1.29, 1.82) is 0 Å². The number of aromatic carboxylic acids is 1. The number of carboxylic acids is 1. The van der Waals surface area contributed by atoms with Gasteiger partial charge >= 0.3 is 5.97 Å². The fourth-order valence-corrected chi connectivity index (χ4v) is 3.63. The first-order valence-electron chi connectivity index (χ1n) is 10.3. The normalized spacial score (nSPS) is 10.9. The van der Waals surface area contributed by atoms with Gasteiger partial charge < -0.3 is 5.11 Å². The Morgan fingerprint density at radius 2 is 1.75 bits per heavy atom. The van der Waals surface area contributed by atoms with E-state index in [4.69, 9.17) is 0 Å². The number of hydrogen-bond acceptors (Lipinski definition) is 5. The maximum absolute atomic E-state index is 11.9. The average molecular weight is 427 g/mol. The first-order chi connectivity index (χ1) is 15.5. The fraction of sp³-hybridized carbons (Fsp3) is 0.160. The van der Waals surface area contributed by atoms with Crippen molar-refractivity contribution < 1.29 is 14.8 Å². The summed E-state index contributed by atoms with van der Waals surface area (Å²) < 4.78 is 0. The van der Waals surface area contributed by atoms with Gasteiger partial charge in [0.25, 0.3) is 5.69 Å². The van der Waals surface area contributed by atoms with Crippen LogP contribution in [0.4, 0.5) is 5.69 Å². The van der Waals surface area contributed by atoms with Gasteiger partial charge in [-0.2, -0.15) is 0 Å². The number of benzene rings is 2. The Kier molecular flexibility index (Phi) is 5.89. The molecule has 2 heterocycles. The molecule has 4 rings (SSSR count). The summed E-state index contributed by atoms with van der Waals surface area (Å²) in [6, 6.07) is 15.7. The van der Waals surface area contributed by atoms with Crippen LogP contribution >= 0.6 is 0 Å². The summed E-state index contributed by atoms with van der Waals surface area (Å²) in [5, 5.41) is 21.0. The third kappa shape index (κ3) is 4.32. The van der Waals surface area contributed by atoms with Crippen molar-refractivity contribution in [1.82, 2.24) is 9.97 Å². The van der Waals surface area contributed by atoms with E-state index in [9.17, 15) is 20.0 Å². The van der Waals surface area contributed by atoms with Gasteiger partial charge in [0.2, 0.25) is 0 Å². The summed E-state index contributed by atoms with van der Waals surface area (Å²) in [7, 11) is 0. The summed E-state index contributed by atoms with van der Waals surface area (Å²) in [6.45, 7) is 2.17. The largest absolute Gasteiger partial charge is 0.478 e. The van der Waals surface area contributed by atoms with Crippen LogP contribution in [0.15, 0.2) is 67.0 Å². The second-order valence-electron chi connectivity index (χ2n) is 7.58. The molecule has 2 aromatic carbocycles. The number of nitrogens with zero attached hydrogens (tertiary/aromatic N) is 3. The summed E-state index contributed by atoms with van der Waals surface area (Å²) in [6.07, 6.45) is 6.74. The van der Waals surface area contributed by atoms with Crippen LogP contribution < -0.4 is 0 Å². The van der Waals surface area contributed by atoms with Crippen molar-refractivity contribution in [3.05, 3.63) is 88.2 Å². The Morgan fingerprint density at radius 3 is 2.44 bits per heavy atom. The van der Waals surface area contributed by atoms with E-state index in [2.05, 4.69) is 41.2 Å². The molecule has 0 saturated carbocycles. The second kappa shape index (κ2) is 8.93. The van der Waals surface area contributed by atoms with E-state index in [1.54, 1.807) is 12.4 Å². The molecular weight excluding hydrogens is 406 g/mol. The molecule has 0 spiro atoms. The van der Waals surface area contributed by atoms with Crippen molar-refractivity contribution in [3.8, 4) is 22.4 Å². The molecule has 0 bridgehead atoms. The number of hydrogen-bond donors (Lipinski definition) is 1. The molecule has 0 aliphatic rings. The number of fused-ring (bicyclic) bond motifs is 1. The SMILES string of the molecule is CCCCc1ccc(-c2cncc(-c3cc(C(=O)O)c4cc([N+](=O)[O-])ccc4n3)c2)cc1. The molecule has 0 aliphatic heterocycles. The van der Waals surface area contributed by atoms with Gasteiger partial charge in [0.1, 0.15) is 0 Å². The van der Waals surface area contributed by atoms with Crippen LogP contribution in [0.3, 0.4) is 0 Å². The van der Waals surface area contributed by atoms with Crippen molar-refractivity contribution in [2.24, 2.45) is 0 Å². The maximum Gasteiger partial charge on any atom is 0.336 e. The van der Waals surface area contributed by atoms with E-state index in [-0.39, 0.29) is 16.6 Å². The lowest BCUT2D eigenvalue weighted by Gasteiger charge is -2.09. The predicted molar refractivity (Wildman–Crippen MR) is 123 cm³/mol. The molecule has 0 atom stereocenters. The van der Waals surface area contributed by atoms with Gasteiger partial charge in [-0.05, 0) is 42.2 Å². The maximum atomic E-state index is 11.9. The first kappa shape index (κ1) is 21.1. The smallest absolute Gasteiger partial charge is 0.336 e. The summed E-state index contributed by atoms with van der Waals surface area (Å²) in [4.78, 5) is 31.3. The Balaban J connectivity index is 1.75. The van der Waals surface area contributed by atoms with E-state index in [0.717, 1.165) is 30.4 Å². The Labute approximate surface area is 184 Å². The average Bonchev–Trinajstić information content (AvgIpc) is 2.82. The molecule has 0 radical (unpaired) electrons. The van der Waals surface area contributed by atoms with Gasteiger partial charge in [-0.3, -0.25) is 15.1 Å². The highest BCUT2D eigenvalue weighted by molar-refractivity contribution is 6.04. The monoisotopic (exact) mass is 427 g/mol. The number of nitro groups is 1. The van der Waals surface area contributed by atoms with Crippen LogP contribution in [0.1, 0.15) is 35.7 Å². The summed E-state index contributed by atoms with van der Waals surface area (Å²) in [5.41, 5.74) is 4.45. The van der Waals surface area contributed by atoms with Crippen LogP contribution in [0, 0.1) is 10.1 Å². The molecule has 0 fully saturated rings. The van der Waals surface area contributed by atoms with Gasteiger partial charge in [-0.1, -0.05) is 37.6 Å². The number of carboxylic acid groups (broad SMARTS) is 1. The third-order valence-electron chi connectivity index (χ3n) is 5.37. The number of non-ortho nitro benzene ring substituents is 1. The minimum absolute atomic E-state index is 0.0422. The first-order valence-corrected chi connectivity index (χ1v) is 10.3. The van der Waals surface area contributed by atoms with Gasteiger partial charge in [-0.15, -0.1) is 0 Å². The van der Waals surface area contributed by atoms with E-state index in [0.29, 0.717) is 16.8 Å². The zero-order valence-electron chi connectivity index (χ0n) is 17.5. The van der Waals surface area contributed by atoms with Crippen LogP contribution in [0.2, 0.25) is 0 Å². The molecule has 1 N–H and O–H groups in total. The third-order valence-corrected chi connectivity index (χ3v) is 5.37. The number of carbonyl (C=O) groups is 1. The molecule has 2 aromatic heterocycles. The minimum Gasteiger partial charge on any atom is -0.478 e. The number of aromatic nitrogens is 2. The van der Waals surface area contributed by atoms with Crippen molar-refractivity contribution in [3.63, 3.8) is 0 Å². The molecule has 7 heteroatoms. The molecule has 4 aromatic rings. The molecule has 0 aliphatic carbocycles. The van der Waals surface area contributed by atoms with Crippen LogP contribution in [0.25, 0.3) is 33.3 Å². The van der Waals surface area contributed by atoms with Gasteiger partial charge in [0.15, 0.2) is 0 Å². The van der Waals surface area contributed by atoms with Crippen LogP contribution in [-0.2, 0) is 6.42 Å². The Morgan fingerprint density at radius 1 is 1.00 bits per heavy atom. The number of nitro benzene ring substituents is 1. The lowest BCUT2D eigenvalue weighted by Crippen LogP contribution is -2.01. The predicted octanol–water partition coefficient (Wildman–Crippen LogP) is 5.91. The number of aryl methyl sites for hydroxylation is 1. The van der Waals surface area contributed by atoms with Crippen LogP contribution in [0.5, 0.6) is 0 Å². The zero-order chi connectivity index (χ0) is 22.7. The van der Waals surface area contributed by atoms with E-state index >= 15 is 0 Å². The lowest BCUT2D eigenvalue weighted by molar-refractivity contribution is -0.384. The molecule has 160 valence electrons. The van der Waals surface area contributed by atoms with E-state index in [1.807, 2.05) is 6.07 Å². The second-order valence-corrected chi connectivity index (χ2v) is 7.58. The van der Waals surface area contributed by atoms with Gasteiger partial charge in [-0.25, -0.2) is 9.78 Å². The zero-order valence-corrected chi connectivity index (χ0v) is 17.5. The topological polar surface area (TPSA) is 106 Å². The molecule has 7 nitrogen and oxygen atoms in total. The fourth-order valence-electron chi connectivity index (χ4n) is 3.63. The number of unbranched alkanes of at least 4 members (excludes halogenated alkanes) is 1. The molecule has 32 heavy (non-hydrogen) atoms. The summed E-state index contributed by atoms with van der Waals surface area (Å²) in [5.74, 6) is -1.18. The molecule has 0 unspecified atom stereocenters.